The van der Waals surface area contributed by atoms with Crippen LogP contribution in [0.5, 0.6) is 0 Å². The van der Waals surface area contributed by atoms with E-state index >= 15 is 0 Å². The summed E-state index contributed by atoms with van der Waals surface area (Å²) in [5.74, 6) is -0.219. The fourth-order valence-electron chi connectivity index (χ4n) is 1.92. The van der Waals surface area contributed by atoms with Crippen molar-refractivity contribution in [3.05, 3.63) is 35.6 Å². The molecular formula is C12H18FN3O. The van der Waals surface area contributed by atoms with Gasteiger partial charge in [0.05, 0.1) is 19.3 Å². The topological polar surface area (TPSA) is 50.5 Å². The second kappa shape index (κ2) is 6.07. The molecule has 2 rings (SSSR count). The number of ether oxygens (including phenoxy) is 1. The molecule has 0 aliphatic carbocycles. The maximum Gasteiger partial charge on any atom is 0.128 e. The molecule has 1 unspecified atom stereocenters. The summed E-state index contributed by atoms with van der Waals surface area (Å²) in [6.45, 7) is 3.34. The summed E-state index contributed by atoms with van der Waals surface area (Å²) in [5.41, 5.74) is 9.57. The summed E-state index contributed by atoms with van der Waals surface area (Å²) in [4.78, 5) is 0. The van der Waals surface area contributed by atoms with Crippen molar-refractivity contribution in [1.29, 1.82) is 0 Å². The standard InChI is InChI=1S/C12H18FN3O/c13-11-4-2-1-3-10(11)12(9-14)15-16-5-7-17-8-6-16/h1-4,12,15H,5-9,14H2. The highest BCUT2D eigenvalue weighted by Gasteiger charge is 2.18. The largest absolute Gasteiger partial charge is 0.379 e. The van der Waals surface area contributed by atoms with Crippen LogP contribution in [0.3, 0.4) is 0 Å². The van der Waals surface area contributed by atoms with E-state index in [1.807, 2.05) is 11.1 Å². The lowest BCUT2D eigenvalue weighted by Crippen LogP contribution is -2.48. The second-order valence-electron chi connectivity index (χ2n) is 4.04. The van der Waals surface area contributed by atoms with Crippen LogP contribution in [0, 0.1) is 5.82 Å². The highest BCUT2D eigenvalue weighted by molar-refractivity contribution is 5.21. The number of hydrogen-bond acceptors (Lipinski definition) is 4. The number of halogens is 1. The highest BCUT2D eigenvalue weighted by atomic mass is 19.1. The number of morpholine rings is 1. The van der Waals surface area contributed by atoms with Crippen molar-refractivity contribution in [2.45, 2.75) is 6.04 Å². The predicted molar refractivity (Wildman–Crippen MR) is 63.7 cm³/mol. The second-order valence-corrected chi connectivity index (χ2v) is 4.04. The van der Waals surface area contributed by atoms with E-state index in [-0.39, 0.29) is 11.9 Å². The summed E-state index contributed by atoms with van der Waals surface area (Å²) in [6.07, 6.45) is 0. The third-order valence-electron chi connectivity index (χ3n) is 2.87. The Kier molecular flexibility index (Phi) is 4.44. The first-order valence-corrected chi connectivity index (χ1v) is 5.84. The Balaban J connectivity index is 2.03. The summed E-state index contributed by atoms with van der Waals surface area (Å²) in [7, 11) is 0. The minimum atomic E-state index is -0.219. The van der Waals surface area contributed by atoms with Crippen LogP contribution in [0.15, 0.2) is 24.3 Å². The Morgan fingerprint density at radius 1 is 1.35 bits per heavy atom. The van der Waals surface area contributed by atoms with Gasteiger partial charge in [-0.25, -0.2) is 14.8 Å². The number of nitrogens with one attached hydrogen (secondary N) is 1. The van der Waals surface area contributed by atoms with E-state index in [1.54, 1.807) is 12.1 Å². The van der Waals surface area contributed by atoms with Gasteiger partial charge in [0.2, 0.25) is 0 Å². The van der Waals surface area contributed by atoms with Crippen molar-refractivity contribution >= 4 is 0 Å². The molecule has 1 aromatic rings. The summed E-state index contributed by atoms with van der Waals surface area (Å²) in [6, 6.07) is 6.54. The molecular weight excluding hydrogens is 221 g/mol. The molecule has 94 valence electrons. The number of hydrogen-bond donors (Lipinski definition) is 2. The monoisotopic (exact) mass is 239 g/mol. The van der Waals surface area contributed by atoms with Gasteiger partial charge in [0.15, 0.2) is 0 Å². The van der Waals surface area contributed by atoms with E-state index in [9.17, 15) is 4.39 Å². The number of benzene rings is 1. The molecule has 1 aliphatic heterocycles. The molecule has 3 N–H and O–H groups in total. The Labute approximate surface area is 101 Å². The van der Waals surface area contributed by atoms with Crippen molar-refractivity contribution in [1.82, 2.24) is 10.4 Å². The molecule has 5 heteroatoms. The fourth-order valence-corrected chi connectivity index (χ4v) is 1.92. The smallest absolute Gasteiger partial charge is 0.128 e. The van der Waals surface area contributed by atoms with E-state index in [2.05, 4.69) is 5.43 Å². The van der Waals surface area contributed by atoms with Crippen LogP contribution in [-0.2, 0) is 4.74 Å². The van der Waals surface area contributed by atoms with Crippen LogP contribution < -0.4 is 11.2 Å². The predicted octanol–water partition coefficient (Wildman–Crippen LogP) is 0.662. The van der Waals surface area contributed by atoms with Crippen LogP contribution in [0.25, 0.3) is 0 Å². The van der Waals surface area contributed by atoms with Gasteiger partial charge in [-0.05, 0) is 6.07 Å². The van der Waals surface area contributed by atoms with Crippen LogP contribution in [-0.4, -0.2) is 37.9 Å². The van der Waals surface area contributed by atoms with Crippen LogP contribution >= 0.6 is 0 Å². The third-order valence-corrected chi connectivity index (χ3v) is 2.87. The van der Waals surface area contributed by atoms with Crippen LogP contribution in [0.2, 0.25) is 0 Å². The number of nitrogens with zero attached hydrogens (tertiary/aromatic N) is 1. The first-order chi connectivity index (χ1) is 8.31. The van der Waals surface area contributed by atoms with Gasteiger partial charge in [-0.3, -0.25) is 0 Å². The Bertz CT molecular complexity index is 355. The molecule has 1 heterocycles. The average Bonchev–Trinajstić information content (AvgIpc) is 2.38. The van der Waals surface area contributed by atoms with E-state index < -0.39 is 0 Å². The molecule has 17 heavy (non-hydrogen) atoms. The van der Waals surface area contributed by atoms with E-state index in [0.29, 0.717) is 25.3 Å². The Morgan fingerprint density at radius 3 is 2.71 bits per heavy atom. The normalized spacial score (nSPS) is 19.2. The maximum atomic E-state index is 13.6. The summed E-state index contributed by atoms with van der Waals surface area (Å²) in [5, 5.41) is 2.04. The van der Waals surface area contributed by atoms with Crippen molar-refractivity contribution < 1.29 is 9.13 Å². The lowest BCUT2D eigenvalue weighted by Gasteiger charge is -2.31. The summed E-state index contributed by atoms with van der Waals surface area (Å²) >= 11 is 0. The van der Waals surface area contributed by atoms with E-state index in [4.69, 9.17) is 10.5 Å². The quantitative estimate of drug-likeness (QED) is 0.810. The minimum absolute atomic E-state index is 0.186. The minimum Gasteiger partial charge on any atom is -0.379 e. The SMILES string of the molecule is NCC(NN1CCOCC1)c1ccccc1F. The molecule has 1 saturated heterocycles. The molecule has 0 saturated carbocycles. The number of hydrazine groups is 1. The molecule has 0 bridgehead atoms. The van der Waals surface area contributed by atoms with Crippen molar-refractivity contribution in [2.24, 2.45) is 5.73 Å². The molecule has 0 radical (unpaired) electrons. The molecule has 1 atom stereocenters. The van der Waals surface area contributed by atoms with Gasteiger partial charge in [-0.1, -0.05) is 18.2 Å². The van der Waals surface area contributed by atoms with Crippen molar-refractivity contribution in [2.75, 3.05) is 32.8 Å². The Hall–Kier alpha value is -1.01. The summed E-state index contributed by atoms with van der Waals surface area (Å²) < 4.78 is 18.9. The third kappa shape index (κ3) is 3.23. The van der Waals surface area contributed by atoms with E-state index in [1.165, 1.54) is 6.07 Å². The maximum absolute atomic E-state index is 13.6. The lowest BCUT2D eigenvalue weighted by molar-refractivity contribution is 0.00379. The number of rotatable bonds is 4. The van der Waals surface area contributed by atoms with Gasteiger partial charge < -0.3 is 10.5 Å². The zero-order valence-corrected chi connectivity index (χ0v) is 9.73. The zero-order chi connectivity index (χ0) is 12.1. The van der Waals surface area contributed by atoms with Crippen molar-refractivity contribution in [3.63, 3.8) is 0 Å². The van der Waals surface area contributed by atoms with Gasteiger partial charge in [-0.15, -0.1) is 0 Å². The van der Waals surface area contributed by atoms with E-state index in [0.717, 1.165) is 13.1 Å². The first-order valence-electron chi connectivity index (χ1n) is 5.84. The number of nitrogens with two attached hydrogens (primary N) is 1. The van der Waals surface area contributed by atoms with Gasteiger partial charge in [0, 0.05) is 25.2 Å². The first kappa shape index (κ1) is 12.4. The average molecular weight is 239 g/mol. The van der Waals surface area contributed by atoms with Gasteiger partial charge in [-0.2, -0.15) is 0 Å². The molecule has 1 aliphatic rings. The van der Waals surface area contributed by atoms with Gasteiger partial charge in [0.25, 0.3) is 0 Å². The highest BCUT2D eigenvalue weighted by Crippen LogP contribution is 2.16. The molecule has 1 fully saturated rings. The molecule has 0 spiro atoms. The van der Waals surface area contributed by atoms with Crippen LogP contribution in [0.4, 0.5) is 4.39 Å². The zero-order valence-electron chi connectivity index (χ0n) is 9.73. The van der Waals surface area contributed by atoms with Gasteiger partial charge >= 0.3 is 0 Å². The lowest BCUT2D eigenvalue weighted by atomic mass is 10.1. The van der Waals surface area contributed by atoms with Crippen molar-refractivity contribution in [3.8, 4) is 0 Å². The van der Waals surface area contributed by atoms with Crippen LogP contribution in [0.1, 0.15) is 11.6 Å². The molecule has 0 aromatic heterocycles. The van der Waals surface area contributed by atoms with Gasteiger partial charge in [0.1, 0.15) is 5.82 Å². The molecule has 0 amide bonds. The Morgan fingerprint density at radius 2 is 2.06 bits per heavy atom. The fraction of sp³-hybridized carbons (Fsp3) is 0.500. The molecule has 4 nitrogen and oxygen atoms in total. The molecule has 1 aromatic carbocycles.